The normalized spacial score (nSPS) is 13.9. The molecule has 2 aromatic rings. The van der Waals surface area contributed by atoms with Crippen LogP contribution in [0.25, 0.3) is 0 Å². The molecule has 0 saturated carbocycles. The van der Waals surface area contributed by atoms with Gasteiger partial charge in [-0.25, -0.2) is 9.59 Å². The van der Waals surface area contributed by atoms with Crippen LogP contribution in [0.4, 0.5) is 5.69 Å². The molecule has 0 aromatic heterocycles. The first kappa shape index (κ1) is 22.6. The number of benzene rings is 2. The number of methoxy groups -OCH3 is 1. The Kier molecular flexibility index (Phi) is 7.52. The average Bonchev–Trinajstić information content (AvgIpc) is 2.78. The fourth-order valence-corrected chi connectivity index (χ4v) is 3.87. The molecule has 0 aliphatic carbocycles. The van der Waals surface area contributed by atoms with Crippen molar-refractivity contribution in [2.24, 2.45) is 0 Å². The van der Waals surface area contributed by atoms with Crippen molar-refractivity contribution in [3.05, 3.63) is 82.1 Å². The van der Waals surface area contributed by atoms with Crippen molar-refractivity contribution < 1.29 is 23.8 Å². The second-order valence-electron chi connectivity index (χ2n) is 6.68. The molecule has 0 spiro atoms. The first-order valence-corrected chi connectivity index (χ1v) is 10.7. The molecular weight excluding hydrogens is 462 g/mol. The highest BCUT2D eigenvalue weighted by Gasteiger charge is 2.36. The summed E-state index contributed by atoms with van der Waals surface area (Å²) in [4.78, 5) is 27.7. The quantitative estimate of drug-likeness (QED) is 0.516. The lowest BCUT2D eigenvalue weighted by atomic mass is 9.83. The van der Waals surface area contributed by atoms with Gasteiger partial charge in [-0.05, 0) is 43.7 Å². The number of halogens is 1. The number of anilines is 1. The highest BCUT2D eigenvalue weighted by Crippen LogP contribution is 2.40. The van der Waals surface area contributed by atoms with E-state index in [9.17, 15) is 9.59 Å². The van der Waals surface area contributed by atoms with Crippen molar-refractivity contribution in [1.82, 2.24) is 0 Å². The molecule has 31 heavy (non-hydrogen) atoms. The molecule has 3 rings (SSSR count). The minimum Gasteiger partial charge on any atom is -0.495 e. The van der Waals surface area contributed by atoms with Crippen LogP contribution in [0.1, 0.15) is 25.3 Å². The van der Waals surface area contributed by atoms with E-state index in [1.807, 2.05) is 48.5 Å². The number of rotatable bonds is 7. The van der Waals surface area contributed by atoms with Crippen LogP contribution in [0.2, 0.25) is 0 Å². The Bertz CT molecular complexity index is 994. The molecule has 0 N–H and O–H groups in total. The number of nitrogens with zero attached hydrogens (tertiary/aromatic N) is 1. The number of hydrogen-bond donors (Lipinski definition) is 0. The average molecular weight is 486 g/mol. The smallest absolute Gasteiger partial charge is 0.336 e. The SMILES string of the molecule is CCOC(=O)C1=CN(c2ccccc2OC)C=C(C(=O)OCC)C1c1cccc(Br)c1. The summed E-state index contributed by atoms with van der Waals surface area (Å²) in [7, 11) is 1.57. The van der Waals surface area contributed by atoms with E-state index in [2.05, 4.69) is 15.9 Å². The Morgan fingerprint density at radius 1 is 0.935 bits per heavy atom. The zero-order valence-corrected chi connectivity index (χ0v) is 19.2. The van der Waals surface area contributed by atoms with Gasteiger partial charge in [0.15, 0.2) is 0 Å². The van der Waals surface area contributed by atoms with Crippen molar-refractivity contribution in [3.8, 4) is 5.75 Å². The summed E-state index contributed by atoms with van der Waals surface area (Å²) >= 11 is 3.47. The van der Waals surface area contributed by atoms with Crippen molar-refractivity contribution in [3.63, 3.8) is 0 Å². The van der Waals surface area contributed by atoms with E-state index in [0.29, 0.717) is 22.6 Å². The third kappa shape index (κ3) is 4.99. The summed E-state index contributed by atoms with van der Waals surface area (Å²) in [5, 5.41) is 0. The second-order valence-corrected chi connectivity index (χ2v) is 7.59. The fraction of sp³-hybridized carbons (Fsp3) is 0.250. The van der Waals surface area contributed by atoms with Crippen molar-refractivity contribution in [2.45, 2.75) is 19.8 Å². The summed E-state index contributed by atoms with van der Waals surface area (Å²) < 4.78 is 17.0. The summed E-state index contributed by atoms with van der Waals surface area (Å²) in [5.41, 5.74) is 2.11. The molecule has 1 heterocycles. The largest absolute Gasteiger partial charge is 0.495 e. The van der Waals surface area contributed by atoms with Crippen LogP contribution in [-0.4, -0.2) is 32.3 Å². The van der Waals surface area contributed by atoms with Gasteiger partial charge in [-0.3, -0.25) is 0 Å². The minimum absolute atomic E-state index is 0.217. The minimum atomic E-state index is -0.637. The van der Waals surface area contributed by atoms with Gasteiger partial charge in [-0.1, -0.05) is 40.2 Å². The molecule has 0 fully saturated rings. The van der Waals surface area contributed by atoms with Crippen molar-refractivity contribution >= 4 is 33.6 Å². The Morgan fingerprint density at radius 2 is 1.55 bits per heavy atom. The zero-order chi connectivity index (χ0) is 22.4. The lowest BCUT2D eigenvalue weighted by Crippen LogP contribution is -2.29. The van der Waals surface area contributed by atoms with Gasteiger partial charge in [-0.15, -0.1) is 0 Å². The first-order chi connectivity index (χ1) is 15.0. The molecule has 0 radical (unpaired) electrons. The number of hydrogen-bond acceptors (Lipinski definition) is 6. The maximum absolute atomic E-state index is 13.0. The monoisotopic (exact) mass is 485 g/mol. The van der Waals surface area contributed by atoms with Crippen LogP contribution < -0.4 is 9.64 Å². The molecular formula is C24H24BrNO5. The molecule has 6 nitrogen and oxygen atoms in total. The lowest BCUT2D eigenvalue weighted by Gasteiger charge is -2.31. The van der Waals surface area contributed by atoms with E-state index < -0.39 is 17.9 Å². The fourth-order valence-electron chi connectivity index (χ4n) is 3.45. The molecule has 1 aliphatic rings. The van der Waals surface area contributed by atoms with E-state index in [1.165, 1.54) is 0 Å². The number of para-hydroxylation sites is 2. The third-order valence-electron chi connectivity index (χ3n) is 4.75. The predicted octanol–water partition coefficient (Wildman–Crippen LogP) is 4.96. The Labute approximate surface area is 190 Å². The summed E-state index contributed by atoms with van der Waals surface area (Å²) in [6.45, 7) is 3.92. The van der Waals surface area contributed by atoms with Gasteiger partial charge in [0.25, 0.3) is 0 Å². The second kappa shape index (κ2) is 10.3. The van der Waals surface area contributed by atoms with Crippen LogP contribution in [0.3, 0.4) is 0 Å². The van der Waals surface area contributed by atoms with Crippen LogP contribution in [0, 0.1) is 0 Å². The number of ether oxygens (including phenoxy) is 3. The predicted molar refractivity (Wildman–Crippen MR) is 122 cm³/mol. The van der Waals surface area contributed by atoms with Crippen LogP contribution >= 0.6 is 15.9 Å². The molecule has 7 heteroatoms. The zero-order valence-electron chi connectivity index (χ0n) is 17.6. The number of carbonyl (C=O) groups excluding carboxylic acids is 2. The molecule has 0 saturated heterocycles. The molecule has 162 valence electrons. The van der Waals surface area contributed by atoms with Gasteiger partial charge in [-0.2, -0.15) is 0 Å². The molecule has 1 aliphatic heterocycles. The van der Waals surface area contributed by atoms with Crippen LogP contribution in [0.5, 0.6) is 5.75 Å². The van der Waals surface area contributed by atoms with Crippen molar-refractivity contribution in [1.29, 1.82) is 0 Å². The molecule has 2 aromatic carbocycles. The van der Waals surface area contributed by atoms with Crippen molar-refractivity contribution in [2.75, 3.05) is 25.2 Å². The van der Waals surface area contributed by atoms with Crippen LogP contribution in [-0.2, 0) is 19.1 Å². The van der Waals surface area contributed by atoms with E-state index in [0.717, 1.165) is 10.0 Å². The number of esters is 2. The van der Waals surface area contributed by atoms with E-state index >= 15 is 0 Å². The summed E-state index contributed by atoms with van der Waals surface area (Å²) in [6.07, 6.45) is 3.37. The van der Waals surface area contributed by atoms with E-state index in [4.69, 9.17) is 14.2 Å². The third-order valence-corrected chi connectivity index (χ3v) is 5.24. The summed E-state index contributed by atoms with van der Waals surface area (Å²) in [5.74, 6) is -1.03. The Hall–Kier alpha value is -3.06. The standard InChI is InChI=1S/C24H24BrNO5/c1-4-30-23(27)18-14-26(20-11-6-7-12-21(20)29-3)15-19(24(28)31-5-2)22(18)16-9-8-10-17(25)13-16/h6-15,22H,4-5H2,1-3H3. The van der Waals surface area contributed by atoms with E-state index in [-0.39, 0.29) is 13.2 Å². The Balaban J connectivity index is 2.21. The van der Waals surface area contributed by atoms with Gasteiger partial charge in [0.05, 0.1) is 43.1 Å². The molecule has 0 bridgehead atoms. The first-order valence-electron chi connectivity index (χ1n) is 9.94. The van der Waals surface area contributed by atoms with Crippen LogP contribution in [0.15, 0.2) is 76.5 Å². The van der Waals surface area contributed by atoms with Gasteiger partial charge in [0.2, 0.25) is 0 Å². The maximum Gasteiger partial charge on any atom is 0.336 e. The summed E-state index contributed by atoms with van der Waals surface area (Å²) in [6, 6.07) is 14.9. The van der Waals surface area contributed by atoms with Gasteiger partial charge < -0.3 is 19.1 Å². The molecule has 0 unspecified atom stereocenters. The highest BCUT2D eigenvalue weighted by atomic mass is 79.9. The lowest BCUT2D eigenvalue weighted by molar-refractivity contribution is -0.139. The van der Waals surface area contributed by atoms with Gasteiger partial charge in [0.1, 0.15) is 5.75 Å². The Morgan fingerprint density at radius 3 is 2.10 bits per heavy atom. The highest BCUT2D eigenvalue weighted by molar-refractivity contribution is 9.10. The number of carbonyl (C=O) groups is 2. The van der Waals surface area contributed by atoms with Gasteiger partial charge in [0, 0.05) is 16.9 Å². The molecule has 0 atom stereocenters. The van der Waals surface area contributed by atoms with E-state index in [1.54, 1.807) is 38.3 Å². The van der Waals surface area contributed by atoms with Gasteiger partial charge >= 0.3 is 11.9 Å². The molecule has 0 amide bonds. The topological polar surface area (TPSA) is 65.1 Å². The maximum atomic E-state index is 13.0.